The topological polar surface area (TPSA) is 82.8 Å². The molecule has 1 fully saturated rings. The highest BCUT2D eigenvalue weighted by atomic mass is 16.5. The predicted octanol–water partition coefficient (Wildman–Crippen LogP) is -1.42. The molecule has 7 heteroatoms. The van der Waals surface area contributed by atoms with Gasteiger partial charge in [-0.2, -0.15) is 0 Å². The van der Waals surface area contributed by atoms with E-state index in [9.17, 15) is 9.90 Å². The van der Waals surface area contributed by atoms with E-state index in [2.05, 4.69) is 14.9 Å². The van der Waals surface area contributed by atoms with Crippen LogP contribution < -0.4 is 19.6 Å². The first-order valence-electron chi connectivity index (χ1n) is 7.52. The van der Waals surface area contributed by atoms with Crippen molar-refractivity contribution in [2.24, 2.45) is 0 Å². The number of nitrogens with one attached hydrogen (secondary N) is 1. The van der Waals surface area contributed by atoms with E-state index in [1.54, 1.807) is 24.5 Å². The van der Waals surface area contributed by atoms with Gasteiger partial charge in [0.15, 0.2) is 0 Å². The molecule has 0 atom stereocenters. The second kappa shape index (κ2) is 7.06. The standard InChI is InChI=1S/C16H18N4O3/c21-15(22)13-2-4-14(5-3-13)23-12-19-8-10-20(11-9-19)16-17-6-1-7-18-16/h1-7H,8-12H2,(H,21,22). The van der Waals surface area contributed by atoms with Crippen molar-refractivity contribution in [1.29, 1.82) is 0 Å². The number of benzene rings is 1. The molecule has 1 saturated heterocycles. The SMILES string of the molecule is O=C([O-])c1ccc(OC[NH+]2CCN(c3ncccn3)CC2)cc1. The number of rotatable bonds is 5. The summed E-state index contributed by atoms with van der Waals surface area (Å²) in [4.78, 5) is 22.7. The average Bonchev–Trinajstić information content (AvgIpc) is 2.61. The zero-order chi connectivity index (χ0) is 16.1. The fraction of sp³-hybridized carbons (Fsp3) is 0.312. The summed E-state index contributed by atoms with van der Waals surface area (Å²) in [6.07, 6.45) is 3.50. The minimum atomic E-state index is -1.18. The number of ether oxygens (including phenoxy) is 1. The van der Waals surface area contributed by atoms with Gasteiger partial charge < -0.3 is 19.5 Å². The fourth-order valence-corrected chi connectivity index (χ4v) is 2.49. The molecular weight excluding hydrogens is 296 g/mol. The number of aromatic carboxylic acids is 1. The third-order valence-corrected chi connectivity index (χ3v) is 3.84. The lowest BCUT2D eigenvalue weighted by Gasteiger charge is -2.31. The second-order valence-electron chi connectivity index (χ2n) is 5.39. The van der Waals surface area contributed by atoms with Crippen LogP contribution in [0, 0.1) is 0 Å². The first-order chi connectivity index (χ1) is 11.2. The lowest BCUT2D eigenvalue weighted by molar-refractivity contribution is -0.916. The second-order valence-corrected chi connectivity index (χ2v) is 5.39. The molecule has 120 valence electrons. The number of carbonyl (C=O) groups is 1. The van der Waals surface area contributed by atoms with Crippen molar-refractivity contribution < 1.29 is 19.5 Å². The number of anilines is 1. The molecule has 0 aliphatic carbocycles. The van der Waals surface area contributed by atoms with Crippen LogP contribution in [0.1, 0.15) is 10.4 Å². The maximum Gasteiger partial charge on any atom is 0.225 e. The van der Waals surface area contributed by atoms with Gasteiger partial charge in [0.2, 0.25) is 12.7 Å². The largest absolute Gasteiger partial charge is 0.545 e. The van der Waals surface area contributed by atoms with Gasteiger partial charge in [0.1, 0.15) is 5.75 Å². The zero-order valence-corrected chi connectivity index (χ0v) is 12.6. The quantitative estimate of drug-likeness (QED) is 0.729. The molecule has 0 radical (unpaired) electrons. The van der Waals surface area contributed by atoms with Crippen LogP contribution in [0.5, 0.6) is 5.75 Å². The minimum Gasteiger partial charge on any atom is -0.545 e. The summed E-state index contributed by atoms with van der Waals surface area (Å²) in [6, 6.07) is 8.09. The highest BCUT2D eigenvalue weighted by Gasteiger charge is 2.21. The summed E-state index contributed by atoms with van der Waals surface area (Å²) < 4.78 is 5.72. The van der Waals surface area contributed by atoms with E-state index in [0.29, 0.717) is 12.5 Å². The van der Waals surface area contributed by atoms with Crippen LogP contribution in [-0.4, -0.2) is 48.8 Å². The first-order valence-corrected chi connectivity index (χ1v) is 7.52. The molecule has 0 unspecified atom stereocenters. The summed E-state index contributed by atoms with van der Waals surface area (Å²) in [5, 5.41) is 10.7. The van der Waals surface area contributed by atoms with E-state index >= 15 is 0 Å². The van der Waals surface area contributed by atoms with Crippen molar-refractivity contribution in [3.63, 3.8) is 0 Å². The number of hydrogen-bond donors (Lipinski definition) is 1. The molecule has 23 heavy (non-hydrogen) atoms. The Balaban J connectivity index is 1.46. The van der Waals surface area contributed by atoms with Gasteiger partial charge in [0, 0.05) is 12.4 Å². The molecule has 1 aliphatic rings. The molecule has 1 N–H and O–H groups in total. The smallest absolute Gasteiger partial charge is 0.225 e. The number of piperazine rings is 1. The van der Waals surface area contributed by atoms with E-state index in [1.807, 2.05) is 6.07 Å². The Hall–Kier alpha value is -2.67. The fourth-order valence-electron chi connectivity index (χ4n) is 2.49. The third kappa shape index (κ3) is 3.95. The van der Waals surface area contributed by atoms with Gasteiger partial charge in [0.05, 0.1) is 32.1 Å². The van der Waals surface area contributed by atoms with E-state index in [1.165, 1.54) is 17.0 Å². The van der Waals surface area contributed by atoms with Gasteiger partial charge in [-0.25, -0.2) is 9.97 Å². The van der Waals surface area contributed by atoms with E-state index in [0.717, 1.165) is 32.1 Å². The number of carbonyl (C=O) groups excluding carboxylic acids is 1. The van der Waals surface area contributed by atoms with Crippen molar-refractivity contribution in [3.8, 4) is 5.75 Å². The van der Waals surface area contributed by atoms with Gasteiger partial charge in [-0.15, -0.1) is 0 Å². The first kappa shape index (κ1) is 15.2. The Morgan fingerprint density at radius 1 is 1.17 bits per heavy atom. The van der Waals surface area contributed by atoms with Crippen LogP contribution in [0.15, 0.2) is 42.7 Å². The lowest BCUT2D eigenvalue weighted by atomic mass is 10.2. The number of carboxylic acids is 1. The van der Waals surface area contributed by atoms with Gasteiger partial charge in [-0.3, -0.25) is 4.90 Å². The van der Waals surface area contributed by atoms with Crippen molar-refractivity contribution >= 4 is 11.9 Å². The van der Waals surface area contributed by atoms with Crippen LogP contribution in [-0.2, 0) is 0 Å². The molecule has 2 aromatic rings. The monoisotopic (exact) mass is 314 g/mol. The van der Waals surface area contributed by atoms with Crippen molar-refractivity contribution in [2.75, 3.05) is 37.8 Å². The minimum absolute atomic E-state index is 0.154. The maximum atomic E-state index is 10.7. The Morgan fingerprint density at radius 3 is 2.43 bits per heavy atom. The normalized spacial score (nSPS) is 15.4. The van der Waals surface area contributed by atoms with Gasteiger partial charge in [-0.1, -0.05) is 0 Å². The molecule has 0 spiro atoms. The van der Waals surface area contributed by atoms with Gasteiger partial charge in [-0.05, 0) is 35.9 Å². The highest BCUT2D eigenvalue weighted by Crippen LogP contribution is 2.11. The van der Waals surface area contributed by atoms with Crippen molar-refractivity contribution in [3.05, 3.63) is 48.3 Å². The number of carboxylic acid groups (broad SMARTS) is 1. The summed E-state index contributed by atoms with van der Waals surface area (Å²) in [5.74, 6) is 0.253. The van der Waals surface area contributed by atoms with Crippen molar-refractivity contribution in [1.82, 2.24) is 9.97 Å². The molecule has 0 amide bonds. The van der Waals surface area contributed by atoms with Crippen LogP contribution in [0.4, 0.5) is 5.95 Å². The number of hydrogen-bond acceptors (Lipinski definition) is 6. The zero-order valence-electron chi connectivity index (χ0n) is 12.6. The summed E-state index contributed by atoms with van der Waals surface area (Å²) in [5.41, 5.74) is 0.154. The summed E-state index contributed by atoms with van der Waals surface area (Å²) >= 11 is 0. The Bertz CT molecular complexity index is 640. The van der Waals surface area contributed by atoms with E-state index in [4.69, 9.17) is 4.74 Å². The Morgan fingerprint density at radius 2 is 1.83 bits per heavy atom. The molecule has 1 aliphatic heterocycles. The van der Waals surface area contributed by atoms with Crippen LogP contribution in [0.25, 0.3) is 0 Å². The molecular formula is C16H18N4O3. The molecule has 1 aromatic carbocycles. The van der Waals surface area contributed by atoms with Gasteiger partial charge >= 0.3 is 0 Å². The van der Waals surface area contributed by atoms with Crippen LogP contribution >= 0.6 is 0 Å². The van der Waals surface area contributed by atoms with Gasteiger partial charge in [0.25, 0.3) is 0 Å². The molecule has 2 heterocycles. The van der Waals surface area contributed by atoms with E-state index < -0.39 is 5.97 Å². The molecule has 0 saturated carbocycles. The molecule has 7 nitrogen and oxygen atoms in total. The van der Waals surface area contributed by atoms with Crippen LogP contribution in [0.2, 0.25) is 0 Å². The Labute approximate surface area is 134 Å². The summed E-state index contributed by atoms with van der Waals surface area (Å²) in [6.45, 7) is 4.19. The molecule has 1 aromatic heterocycles. The predicted molar refractivity (Wildman–Crippen MR) is 81.2 cm³/mol. The highest BCUT2D eigenvalue weighted by molar-refractivity contribution is 5.85. The Kier molecular flexibility index (Phi) is 4.68. The van der Waals surface area contributed by atoms with Crippen molar-refractivity contribution in [2.45, 2.75) is 0 Å². The summed E-state index contributed by atoms with van der Waals surface area (Å²) in [7, 11) is 0. The lowest BCUT2D eigenvalue weighted by Crippen LogP contribution is -3.15. The molecule has 3 rings (SSSR count). The average molecular weight is 314 g/mol. The number of nitrogens with zero attached hydrogens (tertiary/aromatic N) is 3. The number of quaternary nitrogens is 1. The van der Waals surface area contributed by atoms with Crippen LogP contribution in [0.3, 0.4) is 0 Å². The maximum absolute atomic E-state index is 10.7. The number of aromatic nitrogens is 2. The van der Waals surface area contributed by atoms with E-state index in [-0.39, 0.29) is 5.56 Å². The third-order valence-electron chi connectivity index (χ3n) is 3.84. The molecule has 0 bridgehead atoms.